The smallest absolute Gasteiger partial charge is 0.0617 e. The van der Waals surface area contributed by atoms with Crippen molar-refractivity contribution in [3.8, 4) is 0 Å². The maximum absolute atomic E-state index is 3.81. The monoisotopic (exact) mass is 334 g/mol. The summed E-state index contributed by atoms with van der Waals surface area (Å²) in [5.41, 5.74) is 4.67. The van der Waals surface area contributed by atoms with Crippen LogP contribution in [0.2, 0.25) is 0 Å². The van der Waals surface area contributed by atoms with E-state index in [1.54, 1.807) is 0 Å². The summed E-state index contributed by atoms with van der Waals surface area (Å²) >= 11 is 3.81. The standard InChI is InChI=1S/C18H11BrN2/c19-17-16-11-6-2-4-8-14(11)20-15(16)9-12-10-5-1-3-7-13(10)21-18(12)17/h1-9,20-21H. The zero-order chi connectivity index (χ0) is 14.0. The molecule has 2 aromatic heterocycles. The Bertz CT molecular complexity index is 1140. The molecule has 3 heteroatoms. The minimum atomic E-state index is 1.13. The molecule has 0 bridgehead atoms. The van der Waals surface area contributed by atoms with Crippen LogP contribution in [0.15, 0.2) is 59.1 Å². The minimum absolute atomic E-state index is 1.13. The number of rotatable bonds is 0. The highest BCUT2D eigenvalue weighted by atomic mass is 79.9. The second kappa shape index (κ2) is 3.89. The van der Waals surface area contributed by atoms with Crippen LogP contribution in [-0.4, -0.2) is 9.97 Å². The first-order valence-corrected chi connectivity index (χ1v) is 7.71. The summed E-state index contributed by atoms with van der Waals surface area (Å²) in [5, 5.41) is 5.00. The number of para-hydroxylation sites is 2. The van der Waals surface area contributed by atoms with Gasteiger partial charge in [0.2, 0.25) is 0 Å². The predicted molar refractivity (Wildman–Crippen MR) is 92.9 cm³/mol. The maximum atomic E-state index is 3.81. The second-order valence-corrected chi connectivity index (χ2v) is 6.17. The molecule has 0 saturated heterocycles. The van der Waals surface area contributed by atoms with Gasteiger partial charge in [0.15, 0.2) is 0 Å². The van der Waals surface area contributed by atoms with Crippen LogP contribution >= 0.6 is 15.9 Å². The van der Waals surface area contributed by atoms with Crippen LogP contribution < -0.4 is 0 Å². The first-order valence-electron chi connectivity index (χ1n) is 6.92. The zero-order valence-electron chi connectivity index (χ0n) is 11.1. The molecule has 21 heavy (non-hydrogen) atoms. The first kappa shape index (κ1) is 11.4. The fourth-order valence-electron chi connectivity index (χ4n) is 3.26. The number of H-pyrrole nitrogens is 2. The highest BCUT2D eigenvalue weighted by Crippen LogP contribution is 2.39. The quantitative estimate of drug-likeness (QED) is 0.363. The molecule has 0 aliphatic rings. The summed E-state index contributed by atoms with van der Waals surface area (Å²) in [5.74, 6) is 0. The van der Waals surface area contributed by atoms with Crippen molar-refractivity contribution in [1.82, 2.24) is 9.97 Å². The zero-order valence-corrected chi connectivity index (χ0v) is 12.7. The Morgan fingerprint density at radius 2 is 1.33 bits per heavy atom. The van der Waals surface area contributed by atoms with Crippen molar-refractivity contribution in [1.29, 1.82) is 0 Å². The largest absolute Gasteiger partial charge is 0.354 e. The molecule has 2 N–H and O–H groups in total. The molecule has 2 nitrogen and oxygen atoms in total. The molecule has 2 heterocycles. The van der Waals surface area contributed by atoms with E-state index < -0.39 is 0 Å². The van der Waals surface area contributed by atoms with Gasteiger partial charge >= 0.3 is 0 Å². The molecule has 0 fully saturated rings. The number of aromatic nitrogens is 2. The maximum Gasteiger partial charge on any atom is 0.0617 e. The van der Waals surface area contributed by atoms with E-state index in [2.05, 4.69) is 80.5 Å². The van der Waals surface area contributed by atoms with Crippen LogP contribution in [0, 0.1) is 0 Å². The summed E-state index contributed by atoms with van der Waals surface area (Å²) in [6, 6.07) is 19.1. The normalized spacial score (nSPS) is 12.0. The summed E-state index contributed by atoms with van der Waals surface area (Å²) in [6.07, 6.45) is 0. The SMILES string of the molecule is Brc1c2[nH]c3ccccc3c2cc2[nH]c3ccccc3c12. The Kier molecular flexibility index (Phi) is 2.11. The average molecular weight is 335 g/mol. The van der Waals surface area contributed by atoms with Gasteiger partial charge in [-0.2, -0.15) is 0 Å². The molecular formula is C18H11BrN2. The van der Waals surface area contributed by atoms with Crippen LogP contribution in [0.4, 0.5) is 0 Å². The molecule has 5 aromatic rings. The molecule has 0 unspecified atom stereocenters. The van der Waals surface area contributed by atoms with E-state index in [0.717, 1.165) is 9.99 Å². The predicted octanol–water partition coefficient (Wildman–Crippen LogP) is 5.72. The van der Waals surface area contributed by atoms with E-state index in [1.807, 2.05) is 0 Å². The molecule has 0 radical (unpaired) electrons. The summed E-state index contributed by atoms with van der Waals surface area (Å²) in [7, 11) is 0. The van der Waals surface area contributed by atoms with Crippen LogP contribution in [-0.2, 0) is 0 Å². The number of halogens is 1. The number of fused-ring (bicyclic) bond motifs is 6. The fraction of sp³-hybridized carbons (Fsp3) is 0. The van der Waals surface area contributed by atoms with Crippen molar-refractivity contribution in [2.45, 2.75) is 0 Å². The molecule has 0 aliphatic carbocycles. The minimum Gasteiger partial charge on any atom is -0.354 e. The van der Waals surface area contributed by atoms with Gasteiger partial charge in [0.1, 0.15) is 0 Å². The first-order chi connectivity index (χ1) is 10.3. The fourth-order valence-corrected chi connectivity index (χ4v) is 4.00. The van der Waals surface area contributed by atoms with Crippen molar-refractivity contribution >= 4 is 59.5 Å². The summed E-state index contributed by atoms with van der Waals surface area (Å²) in [4.78, 5) is 7.05. The van der Waals surface area contributed by atoms with E-state index in [1.165, 1.54) is 38.1 Å². The molecular weight excluding hydrogens is 324 g/mol. The molecule has 0 spiro atoms. The number of benzene rings is 3. The highest BCUT2D eigenvalue weighted by molar-refractivity contribution is 9.10. The van der Waals surface area contributed by atoms with E-state index in [0.29, 0.717) is 0 Å². The summed E-state index contributed by atoms with van der Waals surface area (Å²) in [6.45, 7) is 0. The van der Waals surface area contributed by atoms with Crippen molar-refractivity contribution in [2.24, 2.45) is 0 Å². The third kappa shape index (κ3) is 1.41. The summed E-state index contributed by atoms with van der Waals surface area (Å²) < 4.78 is 1.13. The van der Waals surface area contributed by atoms with E-state index in [-0.39, 0.29) is 0 Å². The van der Waals surface area contributed by atoms with E-state index >= 15 is 0 Å². The van der Waals surface area contributed by atoms with E-state index in [9.17, 15) is 0 Å². The lowest BCUT2D eigenvalue weighted by atomic mass is 10.1. The van der Waals surface area contributed by atoms with Crippen molar-refractivity contribution in [3.05, 3.63) is 59.1 Å². The third-order valence-electron chi connectivity index (χ3n) is 4.21. The van der Waals surface area contributed by atoms with Crippen molar-refractivity contribution in [3.63, 3.8) is 0 Å². The van der Waals surface area contributed by atoms with Gasteiger partial charge in [-0.1, -0.05) is 36.4 Å². The Hall–Kier alpha value is -2.26. The molecule has 0 saturated carbocycles. The molecule has 0 amide bonds. The lowest BCUT2D eigenvalue weighted by Gasteiger charge is -1.99. The van der Waals surface area contributed by atoms with Gasteiger partial charge in [0, 0.05) is 38.1 Å². The number of hydrogen-bond donors (Lipinski definition) is 2. The van der Waals surface area contributed by atoms with Crippen LogP contribution in [0.5, 0.6) is 0 Å². The molecule has 0 atom stereocenters. The second-order valence-electron chi connectivity index (χ2n) is 5.38. The van der Waals surface area contributed by atoms with Crippen LogP contribution in [0.3, 0.4) is 0 Å². The van der Waals surface area contributed by atoms with Gasteiger partial charge < -0.3 is 9.97 Å². The van der Waals surface area contributed by atoms with Gasteiger partial charge in [0.05, 0.1) is 9.99 Å². The van der Waals surface area contributed by atoms with Gasteiger partial charge in [-0.05, 0) is 34.1 Å². The van der Waals surface area contributed by atoms with Gasteiger partial charge in [-0.25, -0.2) is 0 Å². The molecule has 100 valence electrons. The average Bonchev–Trinajstić information content (AvgIpc) is 3.06. The van der Waals surface area contributed by atoms with Gasteiger partial charge in [-0.15, -0.1) is 0 Å². The van der Waals surface area contributed by atoms with Crippen LogP contribution in [0.1, 0.15) is 0 Å². The topological polar surface area (TPSA) is 31.6 Å². The Labute approximate surface area is 128 Å². The third-order valence-corrected chi connectivity index (χ3v) is 5.00. The number of hydrogen-bond acceptors (Lipinski definition) is 0. The van der Waals surface area contributed by atoms with Gasteiger partial charge in [0.25, 0.3) is 0 Å². The van der Waals surface area contributed by atoms with Crippen LogP contribution in [0.25, 0.3) is 43.6 Å². The Morgan fingerprint density at radius 1 is 0.667 bits per heavy atom. The molecule has 0 aliphatic heterocycles. The lowest BCUT2D eigenvalue weighted by Crippen LogP contribution is -1.75. The lowest BCUT2D eigenvalue weighted by molar-refractivity contribution is 1.53. The Balaban J connectivity index is 2.10. The van der Waals surface area contributed by atoms with Crippen molar-refractivity contribution < 1.29 is 0 Å². The van der Waals surface area contributed by atoms with E-state index in [4.69, 9.17) is 0 Å². The number of nitrogens with one attached hydrogen (secondary N) is 2. The molecule has 5 rings (SSSR count). The number of aromatic amines is 2. The van der Waals surface area contributed by atoms with Gasteiger partial charge in [-0.3, -0.25) is 0 Å². The Morgan fingerprint density at radius 3 is 2.14 bits per heavy atom. The molecule has 3 aromatic carbocycles. The van der Waals surface area contributed by atoms with Crippen molar-refractivity contribution in [2.75, 3.05) is 0 Å². The highest BCUT2D eigenvalue weighted by Gasteiger charge is 2.14.